The van der Waals surface area contributed by atoms with E-state index >= 15 is 0 Å². The van der Waals surface area contributed by atoms with Crippen molar-refractivity contribution in [2.24, 2.45) is 17.8 Å². The van der Waals surface area contributed by atoms with Gasteiger partial charge in [-0.25, -0.2) is 0 Å². The number of para-hydroxylation sites is 1. The minimum Gasteiger partial charge on any atom is -0.489 e. The van der Waals surface area contributed by atoms with Crippen LogP contribution in [0.15, 0.2) is 54.6 Å². The third-order valence-corrected chi connectivity index (χ3v) is 8.01. The molecule has 0 aliphatic carbocycles. The van der Waals surface area contributed by atoms with Gasteiger partial charge in [-0.15, -0.1) is 6.42 Å². The van der Waals surface area contributed by atoms with Gasteiger partial charge in [0, 0.05) is 33.9 Å². The van der Waals surface area contributed by atoms with E-state index in [9.17, 15) is 0 Å². The summed E-state index contributed by atoms with van der Waals surface area (Å²) >= 11 is 0. The van der Waals surface area contributed by atoms with E-state index in [1.54, 1.807) is 0 Å². The maximum atomic E-state index is 6.46. The van der Waals surface area contributed by atoms with Crippen molar-refractivity contribution in [3.63, 3.8) is 0 Å². The average Bonchev–Trinajstić information content (AvgIpc) is 3.29. The first-order valence-electron chi connectivity index (χ1n) is 14.9. The van der Waals surface area contributed by atoms with Crippen LogP contribution in [0.1, 0.15) is 71.9 Å². The quantitative estimate of drug-likeness (QED) is 0.150. The lowest BCUT2D eigenvalue weighted by atomic mass is 10.1. The van der Waals surface area contributed by atoms with Gasteiger partial charge in [0.25, 0.3) is 0 Å². The van der Waals surface area contributed by atoms with Crippen molar-refractivity contribution in [2.75, 3.05) is 19.8 Å². The molecule has 1 aromatic heterocycles. The third kappa shape index (κ3) is 6.76. The summed E-state index contributed by atoms with van der Waals surface area (Å²) in [5.41, 5.74) is 4.33. The fourth-order valence-electron chi connectivity index (χ4n) is 4.62. The highest BCUT2D eigenvalue weighted by molar-refractivity contribution is 6.08. The number of ether oxygens (including phenoxy) is 3. The highest BCUT2D eigenvalue weighted by atomic mass is 16.5. The summed E-state index contributed by atoms with van der Waals surface area (Å²) in [6.07, 6.45) is 8.91. The van der Waals surface area contributed by atoms with Crippen LogP contribution in [0, 0.1) is 30.1 Å². The molecule has 4 heteroatoms. The van der Waals surface area contributed by atoms with Gasteiger partial charge in [-0.3, -0.25) is 0 Å². The van der Waals surface area contributed by atoms with Crippen LogP contribution in [-0.4, -0.2) is 24.4 Å². The second-order valence-electron chi connectivity index (χ2n) is 11.4. The van der Waals surface area contributed by atoms with E-state index in [1.807, 2.05) is 6.07 Å². The number of nitrogens with zero attached hydrogens (tertiary/aromatic N) is 1. The Balaban J connectivity index is 1.81. The van der Waals surface area contributed by atoms with Crippen molar-refractivity contribution in [3.8, 4) is 29.6 Å². The molecule has 0 amide bonds. The van der Waals surface area contributed by atoms with Gasteiger partial charge in [0.15, 0.2) is 11.5 Å². The van der Waals surface area contributed by atoms with Crippen LogP contribution in [-0.2, 0) is 6.54 Å². The van der Waals surface area contributed by atoms with Crippen LogP contribution < -0.4 is 14.2 Å². The first-order valence-corrected chi connectivity index (χ1v) is 14.9. The number of rotatable bonds is 14. The summed E-state index contributed by atoms with van der Waals surface area (Å²) in [6.45, 7) is 15.8. The first kappa shape index (κ1) is 29.4. The standard InChI is InChI=1S/C36H45NO3/c1-8-25(5)22-38-34-19-29(20-35(39-23-26(6)9-2)36(34)40-24-27(7)10-3)21-37-32-15-13-12-14-30(32)31-18-28(11-4)16-17-33(31)37/h4,12-20,25-27H,8-10,21-24H2,1-3,5-7H3/t25-,26-,27-/m0/s1. The van der Waals surface area contributed by atoms with Gasteiger partial charge in [0.05, 0.1) is 19.8 Å². The molecule has 0 spiro atoms. The van der Waals surface area contributed by atoms with Gasteiger partial charge in [-0.1, -0.05) is 84.9 Å². The van der Waals surface area contributed by atoms with E-state index in [0.29, 0.717) is 44.1 Å². The molecule has 0 bridgehead atoms. The summed E-state index contributed by atoms with van der Waals surface area (Å²) in [6, 6.07) is 19.1. The predicted molar refractivity (Wildman–Crippen MR) is 168 cm³/mol. The Morgan fingerprint density at radius 3 is 1.82 bits per heavy atom. The van der Waals surface area contributed by atoms with Crippen molar-refractivity contribution >= 4 is 21.8 Å². The maximum absolute atomic E-state index is 6.46. The zero-order chi connectivity index (χ0) is 28.6. The minimum absolute atomic E-state index is 0.440. The topological polar surface area (TPSA) is 32.6 Å². The Morgan fingerprint density at radius 1 is 0.700 bits per heavy atom. The van der Waals surface area contributed by atoms with E-state index in [-0.39, 0.29) is 0 Å². The van der Waals surface area contributed by atoms with E-state index in [1.165, 1.54) is 16.3 Å². The van der Waals surface area contributed by atoms with Gasteiger partial charge < -0.3 is 18.8 Å². The van der Waals surface area contributed by atoms with Crippen LogP contribution in [0.25, 0.3) is 21.8 Å². The number of hydrogen-bond donors (Lipinski definition) is 0. The molecule has 212 valence electrons. The number of hydrogen-bond acceptors (Lipinski definition) is 3. The van der Waals surface area contributed by atoms with E-state index < -0.39 is 0 Å². The van der Waals surface area contributed by atoms with Crippen LogP contribution >= 0.6 is 0 Å². The fraction of sp³-hybridized carbons (Fsp3) is 0.444. The summed E-state index contributed by atoms with van der Waals surface area (Å²) in [4.78, 5) is 0. The van der Waals surface area contributed by atoms with Crippen molar-refractivity contribution in [1.29, 1.82) is 0 Å². The molecule has 4 rings (SSSR count). The number of fused-ring (bicyclic) bond motifs is 3. The summed E-state index contributed by atoms with van der Waals surface area (Å²) in [5.74, 6) is 6.35. The van der Waals surface area contributed by atoms with E-state index in [4.69, 9.17) is 20.6 Å². The molecular weight excluding hydrogens is 494 g/mol. The van der Waals surface area contributed by atoms with Gasteiger partial charge in [-0.05, 0) is 59.7 Å². The Labute approximate surface area is 240 Å². The molecular formula is C36H45NO3. The van der Waals surface area contributed by atoms with E-state index in [0.717, 1.165) is 53.2 Å². The maximum Gasteiger partial charge on any atom is 0.203 e. The Hall–Kier alpha value is -3.58. The number of aromatic nitrogens is 1. The molecule has 40 heavy (non-hydrogen) atoms. The molecule has 0 N–H and O–H groups in total. The molecule has 0 aliphatic rings. The molecule has 4 aromatic rings. The number of terminal acetylenes is 1. The van der Waals surface area contributed by atoms with Gasteiger partial charge >= 0.3 is 0 Å². The summed E-state index contributed by atoms with van der Waals surface area (Å²) < 4.78 is 21.7. The third-order valence-electron chi connectivity index (χ3n) is 8.01. The SMILES string of the molecule is C#Cc1ccc2c(c1)c1ccccc1n2Cc1cc(OC[C@@H](C)CC)c(OC[C@@H](C)CC)c(OC[C@@H](C)CC)c1. The average molecular weight is 540 g/mol. The zero-order valence-electron chi connectivity index (χ0n) is 25.1. The molecule has 4 nitrogen and oxygen atoms in total. The summed E-state index contributed by atoms with van der Waals surface area (Å²) in [7, 11) is 0. The number of benzene rings is 3. The van der Waals surface area contributed by atoms with Gasteiger partial charge in [0.1, 0.15) is 0 Å². The lowest BCUT2D eigenvalue weighted by molar-refractivity contribution is 0.196. The summed E-state index contributed by atoms with van der Waals surface area (Å²) in [5, 5.41) is 2.37. The van der Waals surface area contributed by atoms with Crippen molar-refractivity contribution < 1.29 is 14.2 Å². The molecule has 3 aromatic carbocycles. The smallest absolute Gasteiger partial charge is 0.203 e. The zero-order valence-corrected chi connectivity index (χ0v) is 25.1. The van der Waals surface area contributed by atoms with Crippen molar-refractivity contribution in [2.45, 2.75) is 67.3 Å². The molecule has 0 radical (unpaired) electrons. The lowest BCUT2D eigenvalue weighted by Crippen LogP contribution is -2.14. The predicted octanol–water partition coefficient (Wildman–Crippen LogP) is 9.10. The van der Waals surface area contributed by atoms with Crippen LogP contribution in [0.4, 0.5) is 0 Å². The molecule has 0 unspecified atom stereocenters. The van der Waals surface area contributed by atoms with Crippen LogP contribution in [0.3, 0.4) is 0 Å². The van der Waals surface area contributed by atoms with Gasteiger partial charge in [0.2, 0.25) is 5.75 Å². The van der Waals surface area contributed by atoms with Crippen molar-refractivity contribution in [1.82, 2.24) is 4.57 Å². The molecule has 0 fully saturated rings. The van der Waals surface area contributed by atoms with Crippen molar-refractivity contribution in [3.05, 3.63) is 65.7 Å². The molecule has 0 aliphatic heterocycles. The Morgan fingerprint density at radius 2 is 1.25 bits per heavy atom. The van der Waals surface area contributed by atoms with Crippen LogP contribution in [0.2, 0.25) is 0 Å². The molecule has 3 atom stereocenters. The molecule has 0 saturated heterocycles. The van der Waals surface area contributed by atoms with Crippen LogP contribution in [0.5, 0.6) is 17.2 Å². The highest BCUT2D eigenvalue weighted by Gasteiger charge is 2.20. The Kier molecular flexibility index (Phi) is 10.0. The largest absolute Gasteiger partial charge is 0.489 e. The lowest BCUT2D eigenvalue weighted by Gasteiger charge is -2.22. The van der Waals surface area contributed by atoms with E-state index in [2.05, 4.69) is 101 Å². The first-order chi connectivity index (χ1) is 19.4. The normalized spacial score (nSPS) is 13.6. The molecule has 0 saturated carbocycles. The minimum atomic E-state index is 0.440. The second kappa shape index (κ2) is 13.7. The van der Waals surface area contributed by atoms with Gasteiger partial charge in [-0.2, -0.15) is 0 Å². The second-order valence-corrected chi connectivity index (χ2v) is 11.4. The Bertz CT molecular complexity index is 1430. The highest BCUT2D eigenvalue weighted by Crippen LogP contribution is 2.41. The fourth-order valence-corrected chi connectivity index (χ4v) is 4.62. The monoisotopic (exact) mass is 539 g/mol. The molecule has 1 heterocycles.